The molecule has 2 aromatic rings. The number of hydrogen-bond acceptors (Lipinski definition) is 3. The number of aromatic amines is 1. The molecule has 1 aliphatic rings. The normalized spacial score (nSPS) is 18.4. The van der Waals surface area contributed by atoms with Gasteiger partial charge in [-0.1, -0.05) is 19.1 Å². The molecular formula is C19H26N2O3. The number of methoxy groups -OCH3 is 1. The van der Waals surface area contributed by atoms with Gasteiger partial charge >= 0.3 is 0 Å². The number of ether oxygens (including phenoxy) is 1. The maximum atomic E-state index is 12.5. The van der Waals surface area contributed by atoms with Gasteiger partial charge in [0.15, 0.2) is 0 Å². The third-order valence-corrected chi connectivity index (χ3v) is 4.84. The molecule has 24 heavy (non-hydrogen) atoms. The number of para-hydroxylation sites is 1. The molecule has 1 heterocycles. The van der Waals surface area contributed by atoms with Gasteiger partial charge < -0.3 is 20.1 Å². The molecule has 2 unspecified atom stereocenters. The molecule has 0 saturated heterocycles. The van der Waals surface area contributed by atoms with Crippen LogP contribution in [0.1, 0.15) is 41.4 Å². The predicted octanol–water partition coefficient (Wildman–Crippen LogP) is 2.42. The summed E-state index contributed by atoms with van der Waals surface area (Å²) in [6.07, 6.45) is 3.25. The number of benzene rings is 1. The van der Waals surface area contributed by atoms with Crippen LogP contribution >= 0.6 is 0 Å². The zero-order valence-electron chi connectivity index (χ0n) is 14.4. The molecular weight excluding hydrogens is 304 g/mol. The lowest BCUT2D eigenvalue weighted by Gasteiger charge is -2.17. The fourth-order valence-electron chi connectivity index (χ4n) is 3.53. The van der Waals surface area contributed by atoms with Crippen molar-refractivity contribution >= 4 is 16.8 Å². The molecule has 1 amide bonds. The van der Waals surface area contributed by atoms with Crippen LogP contribution in [0.25, 0.3) is 10.9 Å². The van der Waals surface area contributed by atoms with Crippen LogP contribution in [0.4, 0.5) is 0 Å². The van der Waals surface area contributed by atoms with E-state index in [9.17, 15) is 9.90 Å². The average Bonchev–Trinajstić information content (AvgIpc) is 2.93. The third-order valence-electron chi connectivity index (χ3n) is 4.84. The van der Waals surface area contributed by atoms with E-state index in [2.05, 4.69) is 23.3 Å². The molecule has 3 N–H and O–H groups in total. The number of aromatic nitrogens is 1. The minimum Gasteiger partial charge on any atom is -0.391 e. The van der Waals surface area contributed by atoms with E-state index in [1.54, 1.807) is 7.11 Å². The first-order chi connectivity index (χ1) is 11.6. The Labute approximate surface area is 142 Å². The van der Waals surface area contributed by atoms with Gasteiger partial charge in [0.05, 0.1) is 23.8 Å². The van der Waals surface area contributed by atoms with E-state index >= 15 is 0 Å². The number of hydrogen-bond donors (Lipinski definition) is 3. The smallest absolute Gasteiger partial charge is 0.253 e. The van der Waals surface area contributed by atoms with Crippen LogP contribution in [0.3, 0.4) is 0 Å². The zero-order valence-corrected chi connectivity index (χ0v) is 14.4. The number of aryl methyl sites for hydroxylation is 1. The van der Waals surface area contributed by atoms with Crippen LogP contribution in [0.2, 0.25) is 0 Å². The highest BCUT2D eigenvalue weighted by atomic mass is 16.5. The largest absolute Gasteiger partial charge is 0.391 e. The van der Waals surface area contributed by atoms with Crippen LogP contribution < -0.4 is 5.32 Å². The van der Waals surface area contributed by atoms with Gasteiger partial charge in [0, 0.05) is 24.7 Å². The number of aliphatic hydroxyl groups excluding tert-OH is 1. The Kier molecular flexibility index (Phi) is 5.21. The molecule has 0 aliphatic heterocycles. The zero-order chi connectivity index (χ0) is 17.1. The van der Waals surface area contributed by atoms with E-state index in [-0.39, 0.29) is 12.5 Å². The van der Waals surface area contributed by atoms with Gasteiger partial charge in [-0.25, -0.2) is 0 Å². The van der Waals surface area contributed by atoms with Crippen LogP contribution in [0, 0.1) is 5.92 Å². The molecule has 0 saturated carbocycles. The standard InChI is InChI=1S/C19H26N2O3/c1-12-6-7-17-16(10-12)14-4-3-5-15(18(14)21-17)19(23)20-9-8-13(22)11-24-2/h3-5,12-13,21-22H,6-11H2,1-2H3,(H,20,23). The minimum absolute atomic E-state index is 0.100. The highest BCUT2D eigenvalue weighted by molar-refractivity contribution is 6.06. The number of fused-ring (bicyclic) bond motifs is 3. The van der Waals surface area contributed by atoms with E-state index < -0.39 is 6.10 Å². The summed E-state index contributed by atoms with van der Waals surface area (Å²) < 4.78 is 4.89. The summed E-state index contributed by atoms with van der Waals surface area (Å²) in [6.45, 7) is 2.99. The van der Waals surface area contributed by atoms with Gasteiger partial charge in [0.1, 0.15) is 0 Å². The predicted molar refractivity (Wildman–Crippen MR) is 94.3 cm³/mol. The Morgan fingerprint density at radius 3 is 3.12 bits per heavy atom. The summed E-state index contributed by atoms with van der Waals surface area (Å²) in [4.78, 5) is 16.0. The summed E-state index contributed by atoms with van der Waals surface area (Å²) in [6, 6.07) is 5.90. The maximum Gasteiger partial charge on any atom is 0.253 e. The number of amides is 1. The Balaban J connectivity index is 1.76. The summed E-state index contributed by atoms with van der Waals surface area (Å²) >= 11 is 0. The Hall–Kier alpha value is -1.85. The Morgan fingerprint density at radius 1 is 1.50 bits per heavy atom. The number of nitrogens with one attached hydrogen (secondary N) is 2. The first kappa shape index (κ1) is 17.0. The van der Waals surface area contributed by atoms with Gasteiger partial charge in [-0.3, -0.25) is 4.79 Å². The van der Waals surface area contributed by atoms with Crippen LogP contribution in [0.15, 0.2) is 18.2 Å². The van der Waals surface area contributed by atoms with Gasteiger partial charge in [0.2, 0.25) is 0 Å². The van der Waals surface area contributed by atoms with Crippen molar-refractivity contribution in [2.45, 2.75) is 38.7 Å². The van der Waals surface area contributed by atoms with E-state index in [1.807, 2.05) is 12.1 Å². The van der Waals surface area contributed by atoms with Crippen molar-refractivity contribution < 1.29 is 14.6 Å². The minimum atomic E-state index is -0.551. The fourth-order valence-corrected chi connectivity index (χ4v) is 3.53. The van der Waals surface area contributed by atoms with Crippen molar-refractivity contribution in [2.24, 2.45) is 5.92 Å². The number of carbonyl (C=O) groups is 1. The van der Waals surface area contributed by atoms with Crippen molar-refractivity contribution in [3.05, 3.63) is 35.0 Å². The van der Waals surface area contributed by atoms with Crippen LogP contribution in [-0.4, -0.2) is 42.4 Å². The number of carbonyl (C=O) groups excluding carboxylic acids is 1. The van der Waals surface area contributed by atoms with Crippen molar-refractivity contribution in [3.63, 3.8) is 0 Å². The second-order valence-electron chi connectivity index (χ2n) is 6.81. The van der Waals surface area contributed by atoms with Crippen LogP contribution in [0.5, 0.6) is 0 Å². The van der Waals surface area contributed by atoms with Crippen molar-refractivity contribution in [1.82, 2.24) is 10.3 Å². The Bertz CT molecular complexity index is 723. The summed E-state index contributed by atoms with van der Waals surface area (Å²) in [5.74, 6) is 0.591. The average molecular weight is 330 g/mol. The lowest BCUT2D eigenvalue weighted by molar-refractivity contribution is 0.0588. The van der Waals surface area contributed by atoms with Gasteiger partial charge in [-0.2, -0.15) is 0 Å². The lowest BCUT2D eigenvalue weighted by Crippen LogP contribution is -2.28. The molecule has 1 aromatic carbocycles. The van der Waals surface area contributed by atoms with Crippen LogP contribution in [-0.2, 0) is 17.6 Å². The van der Waals surface area contributed by atoms with Crippen molar-refractivity contribution in [3.8, 4) is 0 Å². The van der Waals surface area contributed by atoms with Gasteiger partial charge in [-0.05, 0) is 43.2 Å². The molecule has 1 aromatic heterocycles. The van der Waals surface area contributed by atoms with E-state index in [4.69, 9.17) is 4.74 Å². The molecule has 0 radical (unpaired) electrons. The molecule has 0 bridgehead atoms. The summed E-state index contributed by atoms with van der Waals surface area (Å²) in [7, 11) is 1.55. The monoisotopic (exact) mass is 330 g/mol. The topological polar surface area (TPSA) is 74.3 Å². The first-order valence-corrected chi connectivity index (χ1v) is 8.67. The first-order valence-electron chi connectivity index (χ1n) is 8.67. The second-order valence-corrected chi connectivity index (χ2v) is 6.81. The quantitative estimate of drug-likeness (QED) is 0.761. The van der Waals surface area contributed by atoms with E-state index in [0.717, 1.165) is 18.4 Å². The number of rotatable bonds is 6. The van der Waals surface area contributed by atoms with E-state index in [0.29, 0.717) is 24.4 Å². The molecule has 5 nitrogen and oxygen atoms in total. The second kappa shape index (κ2) is 7.36. The number of aliphatic hydroxyl groups is 1. The highest BCUT2D eigenvalue weighted by Gasteiger charge is 2.22. The van der Waals surface area contributed by atoms with Crippen molar-refractivity contribution in [1.29, 1.82) is 0 Å². The fraction of sp³-hybridized carbons (Fsp3) is 0.526. The molecule has 0 fully saturated rings. The SMILES string of the molecule is COCC(O)CCNC(=O)c1cccc2c3c([nH]c12)CCC(C)C3. The third kappa shape index (κ3) is 3.47. The summed E-state index contributed by atoms with van der Waals surface area (Å²) in [5, 5.41) is 13.7. The molecule has 130 valence electrons. The lowest BCUT2D eigenvalue weighted by atomic mass is 9.87. The molecule has 1 aliphatic carbocycles. The maximum absolute atomic E-state index is 12.5. The molecule has 5 heteroatoms. The van der Waals surface area contributed by atoms with E-state index in [1.165, 1.54) is 23.1 Å². The highest BCUT2D eigenvalue weighted by Crippen LogP contribution is 2.32. The number of H-pyrrole nitrogens is 1. The molecule has 3 rings (SSSR count). The molecule has 0 spiro atoms. The summed E-state index contributed by atoms with van der Waals surface area (Å²) in [5.41, 5.74) is 4.26. The Morgan fingerprint density at radius 2 is 2.33 bits per heavy atom. The van der Waals surface area contributed by atoms with Gasteiger partial charge in [0.25, 0.3) is 5.91 Å². The molecule has 2 atom stereocenters. The van der Waals surface area contributed by atoms with Gasteiger partial charge in [-0.15, -0.1) is 0 Å². The van der Waals surface area contributed by atoms with Crippen molar-refractivity contribution in [2.75, 3.05) is 20.3 Å².